The minimum Gasteiger partial charge on any atom is -0.461 e. The highest BCUT2D eigenvalue weighted by Crippen LogP contribution is 2.26. The second kappa shape index (κ2) is 10.5. The van der Waals surface area contributed by atoms with Crippen molar-refractivity contribution >= 4 is 46.7 Å². The highest BCUT2D eigenvalue weighted by atomic mass is 35.5. The summed E-state index contributed by atoms with van der Waals surface area (Å²) in [5.74, 6) is -0.879. The van der Waals surface area contributed by atoms with Gasteiger partial charge in [0, 0.05) is 15.6 Å². The normalized spacial score (nSPS) is 11.6. The van der Waals surface area contributed by atoms with Crippen LogP contribution >= 0.6 is 34.8 Å². The highest BCUT2D eigenvalue weighted by molar-refractivity contribution is 6.36. The van der Waals surface area contributed by atoms with Gasteiger partial charge in [-0.15, -0.1) is 0 Å². The van der Waals surface area contributed by atoms with E-state index in [-0.39, 0.29) is 18.9 Å². The average molecular weight is 463 g/mol. The first-order valence-electron chi connectivity index (χ1n) is 9.14. The summed E-state index contributed by atoms with van der Waals surface area (Å²) in [6.07, 6.45) is -0.0672. The molecule has 3 aromatic rings. The van der Waals surface area contributed by atoms with Gasteiger partial charge in [-0.2, -0.15) is 0 Å². The number of hydrogen-bond donors (Lipinski definition) is 1. The van der Waals surface area contributed by atoms with E-state index in [1.54, 1.807) is 42.5 Å². The SMILES string of the molecule is O=C(CC(NC(=O)c1ccccc1Cl)c1ccccc1)OCc1c(Cl)cccc1Cl. The van der Waals surface area contributed by atoms with Crippen LogP contribution in [0.3, 0.4) is 0 Å². The molecule has 30 heavy (non-hydrogen) atoms. The number of carbonyl (C=O) groups excluding carboxylic acids is 2. The molecule has 1 atom stereocenters. The fraction of sp³-hybridized carbons (Fsp3) is 0.130. The molecule has 3 rings (SSSR count). The second-order valence-electron chi connectivity index (χ2n) is 6.48. The smallest absolute Gasteiger partial charge is 0.308 e. The summed E-state index contributed by atoms with van der Waals surface area (Å²) in [5, 5.41) is 4.03. The molecule has 0 fully saturated rings. The number of hydrogen-bond acceptors (Lipinski definition) is 3. The zero-order chi connectivity index (χ0) is 21.5. The first-order chi connectivity index (χ1) is 14.5. The van der Waals surface area contributed by atoms with E-state index in [2.05, 4.69) is 5.32 Å². The second-order valence-corrected chi connectivity index (χ2v) is 7.70. The van der Waals surface area contributed by atoms with E-state index in [9.17, 15) is 9.59 Å². The molecule has 0 heterocycles. The number of rotatable bonds is 7. The molecular formula is C23H18Cl3NO3. The predicted molar refractivity (Wildman–Crippen MR) is 119 cm³/mol. The molecule has 154 valence electrons. The Hall–Kier alpha value is -2.53. The number of benzene rings is 3. The molecule has 1 amide bonds. The van der Waals surface area contributed by atoms with E-state index < -0.39 is 12.0 Å². The summed E-state index contributed by atoms with van der Waals surface area (Å²) in [6.45, 7) is -0.0582. The Morgan fingerprint density at radius 1 is 0.800 bits per heavy atom. The van der Waals surface area contributed by atoms with Crippen LogP contribution in [0.25, 0.3) is 0 Å². The van der Waals surface area contributed by atoms with Gasteiger partial charge in [0.25, 0.3) is 5.91 Å². The van der Waals surface area contributed by atoms with Crippen molar-refractivity contribution < 1.29 is 14.3 Å². The molecule has 1 N–H and O–H groups in total. The zero-order valence-electron chi connectivity index (χ0n) is 15.8. The van der Waals surface area contributed by atoms with Crippen LogP contribution in [0.1, 0.15) is 33.9 Å². The van der Waals surface area contributed by atoms with Crippen LogP contribution in [0.15, 0.2) is 72.8 Å². The van der Waals surface area contributed by atoms with Crippen LogP contribution in [0, 0.1) is 0 Å². The van der Waals surface area contributed by atoms with Gasteiger partial charge in [0.2, 0.25) is 0 Å². The Bertz CT molecular complexity index is 1020. The van der Waals surface area contributed by atoms with Gasteiger partial charge in [-0.25, -0.2) is 0 Å². The number of carbonyl (C=O) groups is 2. The van der Waals surface area contributed by atoms with E-state index in [0.29, 0.717) is 26.2 Å². The molecule has 7 heteroatoms. The first kappa shape index (κ1) is 22.2. The zero-order valence-corrected chi connectivity index (χ0v) is 18.0. The Labute approximate surface area is 189 Å². The van der Waals surface area contributed by atoms with Crippen LogP contribution < -0.4 is 5.32 Å². The fourth-order valence-electron chi connectivity index (χ4n) is 2.87. The van der Waals surface area contributed by atoms with E-state index >= 15 is 0 Å². The third-order valence-corrected chi connectivity index (χ3v) is 5.47. The standard InChI is InChI=1S/C23H18Cl3NO3/c24-18-10-5-4-9-16(18)23(29)27-21(15-7-2-1-3-8-15)13-22(28)30-14-17-19(25)11-6-12-20(17)26/h1-12,21H,13-14H2,(H,27,29). The molecule has 0 aliphatic rings. The van der Waals surface area contributed by atoms with E-state index in [0.717, 1.165) is 5.56 Å². The van der Waals surface area contributed by atoms with E-state index in [4.69, 9.17) is 39.5 Å². The van der Waals surface area contributed by atoms with Gasteiger partial charge >= 0.3 is 5.97 Å². The monoisotopic (exact) mass is 461 g/mol. The summed E-state index contributed by atoms with van der Waals surface area (Å²) in [4.78, 5) is 25.2. The fourth-order valence-corrected chi connectivity index (χ4v) is 3.60. The van der Waals surface area contributed by atoms with Crippen LogP contribution in [0.5, 0.6) is 0 Å². The minimum atomic E-state index is -0.593. The maximum atomic E-state index is 12.7. The number of nitrogens with one attached hydrogen (secondary N) is 1. The third kappa shape index (κ3) is 5.76. The van der Waals surface area contributed by atoms with Gasteiger partial charge < -0.3 is 10.1 Å². The summed E-state index contributed by atoms with van der Waals surface area (Å²) in [7, 11) is 0. The van der Waals surface area contributed by atoms with Crippen molar-refractivity contribution in [2.45, 2.75) is 19.1 Å². The lowest BCUT2D eigenvalue weighted by Gasteiger charge is -2.19. The topological polar surface area (TPSA) is 55.4 Å². The largest absolute Gasteiger partial charge is 0.461 e. The molecule has 0 aromatic heterocycles. The van der Waals surface area contributed by atoms with Gasteiger partial charge in [-0.3, -0.25) is 9.59 Å². The van der Waals surface area contributed by atoms with Crippen LogP contribution in [-0.2, 0) is 16.1 Å². The number of halogens is 3. The van der Waals surface area contributed by atoms with Gasteiger partial charge in [-0.05, 0) is 29.8 Å². The highest BCUT2D eigenvalue weighted by Gasteiger charge is 2.21. The van der Waals surface area contributed by atoms with Crippen molar-refractivity contribution in [1.29, 1.82) is 0 Å². The summed E-state index contributed by atoms with van der Waals surface area (Å²) >= 11 is 18.4. The summed E-state index contributed by atoms with van der Waals surface area (Å²) < 4.78 is 5.37. The molecule has 0 aliphatic heterocycles. The molecular weight excluding hydrogens is 445 g/mol. The maximum absolute atomic E-state index is 12.7. The van der Waals surface area contributed by atoms with Gasteiger partial charge in [0.15, 0.2) is 0 Å². The Morgan fingerprint density at radius 2 is 1.40 bits per heavy atom. The molecule has 4 nitrogen and oxygen atoms in total. The molecule has 0 saturated carbocycles. The quantitative estimate of drug-likeness (QED) is 0.422. The van der Waals surface area contributed by atoms with Gasteiger partial charge in [-0.1, -0.05) is 83.3 Å². The van der Waals surface area contributed by atoms with Crippen molar-refractivity contribution in [3.8, 4) is 0 Å². The lowest BCUT2D eigenvalue weighted by Crippen LogP contribution is -2.30. The minimum absolute atomic E-state index is 0.0582. The summed E-state index contributed by atoms with van der Waals surface area (Å²) in [6, 6.07) is 20.4. The average Bonchev–Trinajstić information content (AvgIpc) is 2.74. The van der Waals surface area contributed by atoms with E-state index in [1.165, 1.54) is 0 Å². The van der Waals surface area contributed by atoms with Gasteiger partial charge in [0.1, 0.15) is 6.61 Å². The third-order valence-electron chi connectivity index (χ3n) is 4.44. The number of ether oxygens (including phenoxy) is 1. The molecule has 0 aliphatic carbocycles. The Balaban J connectivity index is 1.72. The van der Waals surface area contributed by atoms with Crippen LogP contribution in [-0.4, -0.2) is 11.9 Å². The first-order valence-corrected chi connectivity index (χ1v) is 10.3. The van der Waals surface area contributed by atoms with Crippen LogP contribution in [0.2, 0.25) is 15.1 Å². The van der Waals surface area contributed by atoms with Gasteiger partial charge in [0.05, 0.1) is 23.0 Å². The Kier molecular flexibility index (Phi) is 7.75. The molecule has 3 aromatic carbocycles. The van der Waals surface area contributed by atoms with Crippen molar-refractivity contribution in [2.75, 3.05) is 0 Å². The predicted octanol–water partition coefficient (Wildman–Crippen LogP) is 6.25. The molecule has 0 spiro atoms. The van der Waals surface area contributed by atoms with Crippen molar-refractivity contribution in [3.63, 3.8) is 0 Å². The van der Waals surface area contributed by atoms with Crippen molar-refractivity contribution in [1.82, 2.24) is 5.32 Å². The molecule has 1 unspecified atom stereocenters. The lowest BCUT2D eigenvalue weighted by molar-refractivity contribution is -0.145. The van der Waals surface area contributed by atoms with Crippen molar-refractivity contribution in [3.05, 3.63) is 105 Å². The maximum Gasteiger partial charge on any atom is 0.308 e. The summed E-state index contributed by atoms with van der Waals surface area (Å²) in [5.41, 5.74) is 1.63. The van der Waals surface area contributed by atoms with E-state index in [1.807, 2.05) is 30.3 Å². The number of esters is 1. The molecule has 0 radical (unpaired) electrons. The molecule has 0 saturated heterocycles. The molecule has 0 bridgehead atoms. The Morgan fingerprint density at radius 3 is 2.07 bits per heavy atom. The number of amides is 1. The lowest BCUT2D eigenvalue weighted by atomic mass is 10.0. The van der Waals surface area contributed by atoms with Crippen molar-refractivity contribution in [2.24, 2.45) is 0 Å². The van der Waals surface area contributed by atoms with Crippen LogP contribution in [0.4, 0.5) is 0 Å².